The van der Waals surface area contributed by atoms with E-state index in [1.807, 2.05) is 6.92 Å². The van der Waals surface area contributed by atoms with Crippen LogP contribution in [0.2, 0.25) is 0 Å². The van der Waals surface area contributed by atoms with Crippen LogP contribution in [0.15, 0.2) is 4.99 Å². The van der Waals surface area contributed by atoms with Gasteiger partial charge in [-0.25, -0.2) is 4.98 Å². The lowest BCUT2D eigenvalue weighted by molar-refractivity contribution is -0.123. The van der Waals surface area contributed by atoms with Crippen molar-refractivity contribution in [2.24, 2.45) is 16.6 Å². The number of nitrogens with zero attached hydrogens (tertiary/aromatic N) is 3. The summed E-state index contributed by atoms with van der Waals surface area (Å²) in [4.78, 5) is 23.7. The van der Waals surface area contributed by atoms with Crippen molar-refractivity contribution in [1.29, 1.82) is 0 Å². The third-order valence-corrected chi connectivity index (χ3v) is 5.63. The van der Waals surface area contributed by atoms with Crippen molar-refractivity contribution in [3.8, 4) is 0 Å². The summed E-state index contributed by atoms with van der Waals surface area (Å²) in [6.07, 6.45) is 2.98. The summed E-state index contributed by atoms with van der Waals surface area (Å²) in [5.74, 6) is 0.639. The highest BCUT2D eigenvalue weighted by atomic mass is 127. The summed E-state index contributed by atoms with van der Waals surface area (Å²) in [5, 5.41) is 7.70. The summed E-state index contributed by atoms with van der Waals surface area (Å²) in [6.45, 7) is 8.47. The van der Waals surface area contributed by atoms with Gasteiger partial charge in [0.2, 0.25) is 5.91 Å². The first-order chi connectivity index (χ1) is 12.0. The summed E-state index contributed by atoms with van der Waals surface area (Å²) >= 11 is 1.72. The van der Waals surface area contributed by atoms with E-state index in [1.165, 1.54) is 4.88 Å². The van der Waals surface area contributed by atoms with Crippen molar-refractivity contribution in [2.45, 2.75) is 39.7 Å². The molecule has 0 radical (unpaired) electrons. The van der Waals surface area contributed by atoms with Gasteiger partial charge in [0.25, 0.3) is 0 Å². The minimum Gasteiger partial charge on any atom is -0.369 e. The number of carbonyl (C=O) groups excluding carboxylic acids is 1. The van der Waals surface area contributed by atoms with Crippen LogP contribution in [0.1, 0.15) is 34.8 Å². The highest BCUT2D eigenvalue weighted by Crippen LogP contribution is 2.16. The lowest BCUT2D eigenvalue weighted by Crippen LogP contribution is -2.42. The molecule has 148 valence electrons. The lowest BCUT2D eigenvalue weighted by atomic mass is 9.97. The second-order valence-corrected chi connectivity index (χ2v) is 7.79. The van der Waals surface area contributed by atoms with Gasteiger partial charge < -0.3 is 21.3 Å². The SMILES string of the molecule is CN=C(NCCCN1CCCC(C(N)=O)C1)NCc1nc(C)c(C)s1.I. The molecule has 2 rings (SSSR count). The molecule has 7 nitrogen and oxygen atoms in total. The van der Waals surface area contributed by atoms with Gasteiger partial charge in [-0.05, 0) is 46.2 Å². The monoisotopic (exact) mass is 494 g/mol. The van der Waals surface area contributed by atoms with Crippen molar-refractivity contribution >= 4 is 47.2 Å². The summed E-state index contributed by atoms with van der Waals surface area (Å²) in [7, 11) is 1.77. The molecule has 1 aromatic heterocycles. The maximum absolute atomic E-state index is 11.3. The molecule has 0 bridgehead atoms. The summed E-state index contributed by atoms with van der Waals surface area (Å²) in [5.41, 5.74) is 6.53. The Bertz CT molecular complexity index is 587. The Labute approximate surface area is 177 Å². The maximum atomic E-state index is 11.3. The van der Waals surface area contributed by atoms with Crippen molar-refractivity contribution in [3.05, 3.63) is 15.6 Å². The minimum atomic E-state index is -0.167. The first kappa shape index (κ1) is 23.1. The number of hydrogen-bond donors (Lipinski definition) is 3. The van der Waals surface area contributed by atoms with E-state index in [9.17, 15) is 4.79 Å². The molecule has 0 aromatic carbocycles. The topological polar surface area (TPSA) is 95.6 Å². The molecule has 1 aliphatic rings. The zero-order valence-corrected chi connectivity index (χ0v) is 19.0. The van der Waals surface area contributed by atoms with Gasteiger partial charge in [0.15, 0.2) is 5.96 Å². The molecular formula is C17H31IN6OS. The molecule has 1 saturated heterocycles. The van der Waals surface area contributed by atoms with Gasteiger partial charge in [0, 0.05) is 25.0 Å². The smallest absolute Gasteiger partial charge is 0.221 e. The van der Waals surface area contributed by atoms with Crippen LogP contribution in [0.25, 0.3) is 0 Å². The molecule has 0 spiro atoms. The predicted octanol–water partition coefficient (Wildman–Crippen LogP) is 1.63. The van der Waals surface area contributed by atoms with Crippen LogP contribution in [-0.4, -0.2) is 55.0 Å². The van der Waals surface area contributed by atoms with Crippen LogP contribution in [0, 0.1) is 19.8 Å². The molecule has 4 N–H and O–H groups in total. The van der Waals surface area contributed by atoms with Crippen molar-refractivity contribution in [2.75, 3.05) is 33.2 Å². The molecule has 0 aliphatic carbocycles. The number of aryl methyl sites for hydroxylation is 2. The summed E-state index contributed by atoms with van der Waals surface area (Å²) < 4.78 is 0. The number of carbonyl (C=O) groups is 1. The van der Waals surface area contributed by atoms with Crippen LogP contribution < -0.4 is 16.4 Å². The molecule has 1 amide bonds. The maximum Gasteiger partial charge on any atom is 0.221 e. The van der Waals surface area contributed by atoms with E-state index in [4.69, 9.17) is 5.73 Å². The van der Waals surface area contributed by atoms with Crippen LogP contribution >= 0.6 is 35.3 Å². The summed E-state index contributed by atoms with van der Waals surface area (Å²) in [6, 6.07) is 0. The van der Waals surface area contributed by atoms with Gasteiger partial charge in [0.1, 0.15) is 5.01 Å². The number of halogens is 1. The van der Waals surface area contributed by atoms with E-state index >= 15 is 0 Å². The fourth-order valence-electron chi connectivity index (χ4n) is 3.00. The predicted molar refractivity (Wildman–Crippen MR) is 118 cm³/mol. The number of rotatable bonds is 7. The number of primary amides is 1. The number of thiazole rings is 1. The molecular weight excluding hydrogens is 463 g/mol. The van der Waals surface area contributed by atoms with Gasteiger partial charge in [0.05, 0.1) is 18.2 Å². The lowest BCUT2D eigenvalue weighted by Gasteiger charge is -2.31. The number of aliphatic imine (C=N–C) groups is 1. The Morgan fingerprint density at radius 3 is 2.81 bits per heavy atom. The second-order valence-electron chi connectivity index (χ2n) is 6.50. The van der Waals surface area contributed by atoms with Gasteiger partial charge in [-0.2, -0.15) is 0 Å². The normalized spacial score (nSPS) is 18.3. The number of hydrogen-bond acceptors (Lipinski definition) is 5. The number of nitrogens with two attached hydrogens (primary N) is 1. The molecule has 2 heterocycles. The van der Waals surface area contributed by atoms with E-state index < -0.39 is 0 Å². The van der Waals surface area contributed by atoms with Gasteiger partial charge >= 0.3 is 0 Å². The minimum absolute atomic E-state index is 0. The van der Waals surface area contributed by atoms with Crippen LogP contribution in [-0.2, 0) is 11.3 Å². The highest BCUT2D eigenvalue weighted by molar-refractivity contribution is 14.0. The number of guanidine groups is 1. The van der Waals surface area contributed by atoms with E-state index in [0.29, 0.717) is 6.54 Å². The van der Waals surface area contributed by atoms with Crippen molar-refractivity contribution < 1.29 is 4.79 Å². The van der Waals surface area contributed by atoms with E-state index in [-0.39, 0.29) is 35.8 Å². The Morgan fingerprint density at radius 2 is 2.19 bits per heavy atom. The third kappa shape index (κ3) is 7.36. The molecule has 1 aliphatic heterocycles. The number of amides is 1. The molecule has 9 heteroatoms. The van der Waals surface area contributed by atoms with Crippen molar-refractivity contribution in [1.82, 2.24) is 20.5 Å². The Balaban J connectivity index is 0.00000338. The average molecular weight is 494 g/mol. The number of aromatic nitrogens is 1. The fourth-order valence-corrected chi connectivity index (χ4v) is 3.87. The quantitative estimate of drug-likeness (QED) is 0.232. The first-order valence-electron chi connectivity index (χ1n) is 8.88. The van der Waals surface area contributed by atoms with Gasteiger partial charge in [-0.15, -0.1) is 35.3 Å². The standard InChI is InChI=1S/C17H30N6OS.HI/c1-12-13(2)25-15(22-12)10-21-17(19-3)20-7-5-9-23-8-4-6-14(11-23)16(18)24;/h14H,4-11H2,1-3H3,(H2,18,24)(H2,19,20,21);1H. The number of likely N-dealkylation sites (tertiary alicyclic amines) is 1. The van der Waals surface area contributed by atoms with Crippen LogP contribution in [0.3, 0.4) is 0 Å². The van der Waals surface area contributed by atoms with E-state index in [1.54, 1.807) is 18.4 Å². The molecule has 1 unspecified atom stereocenters. The van der Waals surface area contributed by atoms with Crippen molar-refractivity contribution in [3.63, 3.8) is 0 Å². The van der Waals surface area contributed by atoms with E-state index in [0.717, 1.165) is 62.1 Å². The number of nitrogens with one attached hydrogen (secondary N) is 2. The molecule has 1 atom stereocenters. The Morgan fingerprint density at radius 1 is 1.42 bits per heavy atom. The molecule has 0 saturated carbocycles. The van der Waals surface area contributed by atoms with Gasteiger partial charge in [-0.3, -0.25) is 9.79 Å². The Hall–Kier alpha value is -0.940. The molecule has 1 aromatic rings. The fraction of sp³-hybridized carbons (Fsp3) is 0.706. The zero-order chi connectivity index (χ0) is 18.2. The van der Waals surface area contributed by atoms with E-state index in [2.05, 4.69) is 32.4 Å². The molecule has 1 fully saturated rings. The molecule has 26 heavy (non-hydrogen) atoms. The second kappa shape index (κ2) is 11.7. The number of piperidine rings is 1. The Kier molecular flexibility index (Phi) is 10.4. The average Bonchev–Trinajstić information content (AvgIpc) is 2.92. The first-order valence-corrected chi connectivity index (χ1v) is 9.70. The third-order valence-electron chi connectivity index (χ3n) is 4.55. The van der Waals surface area contributed by atoms with Gasteiger partial charge in [-0.1, -0.05) is 0 Å². The largest absolute Gasteiger partial charge is 0.369 e. The van der Waals surface area contributed by atoms with Crippen LogP contribution in [0.4, 0.5) is 0 Å². The van der Waals surface area contributed by atoms with Crippen LogP contribution in [0.5, 0.6) is 0 Å². The zero-order valence-electron chi connectivity index (χ0n) is 15.9. The highest BCUT2D eigenvalue weighted by Gasteiger charge is 2.23.